The van der Waals surface area contributed by atoms with Gasteiger partial charge in [0.2, 0.25) is 5.91 Å². The Morgan fingerprint density at radius 3 is 2.81 bits per heavy atom. The van der Waals surface area contributed by atoms with Crippen molar-refractivity contribution in [2.45, 2.75) is 32.8 Å². The number of thiophene rings is 1. The first kappa shape index (κ1) is 21.8. The number of nitrogens with two attached hydrogens (primary N) is 1. The third-order valence-electron chi connectivity index (χ3n) is 5.21. The molecule has 0 spiro atoms. The molecular formula is C24H26N4O3S. The second kappa shape index (κ2) is 8.27. The third kappa shape index (κ3) is 4.18. The van der Waals surface area contributed by atoms with Crippen LogP contribution < -0.4 is 16.0 Å². The van der Waals surface area contributed by atoms with Crippen molar-refractivity contribution in [2.24, 2.45) is 0 Å². The molecule has 32 heavy (non-hydrogen) atoms. The van der Waals surface area contributed by atoms with Crippen molar-refractivity contribution in [3.05, 3.63) is 47.0 Å². The van der Waals surface area contributed by atoms with Crippen molar-refractivity contribution in [3.63, 3.8) is 0 Å². The summed E-state index contributed by atoms with van der Waals surface area (Å²) < 4.78 is 6.52. The lowest BCUT2D eigenvalue weighted by Crippen LogP contribution is -2.35. The van der Waals surface area contributed by atoms with E-state index < -0.39 is 5.60 Å². The fourth-order valence-corrected chi connectivity index (χ4v) is 4.82. The van der Waals surface area contributed by atoms with E-state index in [0.29, 0.717) is 12.4 Å². The van der Waals surface area contributed by atoms with Crippen LogP contribution in [-0.4, -0.2) is 36.2 Å². The van der Waals surface area contributed by atoms with Crippen molar-refractivity contribution in [2.75, 3.05) is 24.2 Å². The number of nitrogen functional groups attached to an aromatic ring is 1. The molecule has 1 aromatic carbocycles. The van der Waals surface area contributed by atoms with Gasteiger partial charge >= 0.3 is 6.09 Å². The molecule has 7 nitrogen and oxygen atoms in total. The van der Waals surface area contributed by atoms with Crippen molar-refractivity contribution < 1.29 is 14.3 Å². The highest BCUT2D eigenvalue weighted by Crippen LogP contribution is 2.41. The Balaban J connectivity index is 1.70. The van der Waals surface area contributed by atoms with Gasteiger partial charge in [-0.05, 0) is 61.9 Å². The van der Waals surface area contributed by atoms with Crippen LogP contribution >= 0.6 is 11.3 Å². The molecule has 0 atom stereocenters. The SMILES string of the molecule is CNC(=O)C=Cc1cnc(N)c2c(-c3ccc4c(c3)CCN4C(=O)OC(C)(C)C)csc12. The van der Waals surface area contributed by atoms with Crippen LogP contribution in [0, 0.1) is 0 Å². The van der Waals surface area contributed by atoms with Gasteiger partial charge in [-0.25, -0.2) is 9.78 Å². The van der Waals surface area contributed by atoms with Gasteiger partial charge in [-0.15, -0.1) is 11.3 Å². The first-order valence-corrected chi connectivity index (χ1v) is 11.2. The van der Waals surface area contributed by atoms with Crippen molar-refractivity contribution in [3.8, 4) is 11.1 Å². The highest BCUT2D eigenvalue weighted by Gasteiger charge is 2.29. The zero-order valence-corrected chi connectivity index (χ0v) is 19.4. The highest BCUT2D eigenvalue weighted by atomic mass is 32.1. The largest absolute Gasteiger partial charge is 0.443 e. The van der Waals surface area contributed by atoms with E-state index in [9.17, 15) is 9.59 Å². The molecule has 4 rings (SSSR count). The molecule has 0 saturated heterocycles. The van der Waals surface area contributed by atoms with Crippen LogP contribution in [0.15, 0.2) is 35.9 Å². The van der Waals surface area contributed by atoms with Crippen LogP contribution in [0.5, 0.6) is 0 Å². The fourth-order valence-electron chi connectivity index (χ4n) is 3.74. The average Bonchev–Trinajstić information content (AvgIpc) is 3.36. The van der Waals surface area contributed by atoms with Crippen molar-refractivity contribution in [1.29, 1.82) is 0 Å². The summed E-state index contributed by atoms with van der Waals surface area (Å²) in [6.45, 7) is 6.19. The van der Waals surface area contributed by atoms with Crippen LogP contribution in [-0.2, 0) is 16.0 Å². The number of carbonyl (C=O) groups is 2. The van der Waals surface area contributed by atoms with Crippen LogP contribution in [0.1, 0.15) is 31.9 Å². The topological polar surface area (TPSA) is 97.5 Å². The summed E-state index contributed by atoms with van der Waals surface area (Å²) >= 11 is 1.57. The standard InChI is InChI=1S/C24H26N4O3S/c1-24(2,3)31-23(30)28-10-9-15-11-14(5-7-18(15)28)17-13-32-21-16(6-8-19(29)26-4)12-27-22(25)20(17)21/h5-8,11-13H,9-10H2,1-4H3,(H2,25,27)(H,26,29). The summed E-state index contributed by atoms with van der Waals surface area (Å²) in [5.41, 5.74) is 10.5. The quantitative estimate of drug-likeness (QED) is 0.568. The number of aromatic nitrogens is 1. The molecule has 3 N–H and O–H groups in total. The monoisotopic (exact) mass is 450 g/mol. The van der Waals surface area contributed by atoms with Crippen LogP contribution in [0.25, 0.3) is 27.3 Å². The fraction of sp³-hybridized carbons (Fsp3) is 0.292. The van der Waals surface area contributed by atoms with E-state index in [2.05, 4.69) is 21.7 Å². The number of nitrogens with one attached hydrogen (secondary N) is 1. The number of nitrogens with zero attached hydrogens (tertiary/aromatic N) is 2. The maximum atomic E-state index is 12.6. The number of pyridine rings is 1. The summed E-state index contributed by atoms with van der Waals surface area (Å²) in [6.07, 6.45) is 5.34. The lowest BCUT2D eigenvalue weighted by Gasteiger charge is -2.24. The van der Waals surface area contributed by atoms with E-state index in [1.54, 1.807) is 35.6 Å². The van der Waals surface area contributed by atoms with E-state index in [4.69, 9.17) is 10.5 Å². The molecule has 0 unspecified atom stereocenters. The second-order valence-electron chi connectivity index (χ2n) is 8.63. The maximum Gasteiger partial charge on any atom is 0.414 e. The first-order valence-electron chi connectivity index (χ1n) is 10.4. The number of amides is 2. The molecule has 166 valence electrons. The molecule has 3 aromatic rings. The lowest BCUT2D eigenvalue weighted by molar-refractivity contribution is -0.115. The van der Waals surface area contributed by atoms with Crippen LogP contribution in [0.3, 0.4) is 0 Å². The average molecular weight is 451 g/mol. The molecule has 0 saturated carbocycles. The minimum atomic E-state index is -0.538. The summed E-state index contributed by atoms with van der Waals surface area (Å²) in [7, 11) is 1.59. The Kier molecular flexibility index (Phi) is 5.64. The first-order chi connectivity index (χ1) is 15.2. The second-order valence-corrected chi connectivity index (χ2v) is 9.50. The Morgan fingerprint density at radius 2 is 2.09 bits per heavy atom. The number of likely N-dealkylation sites (N-methyl/N-ethyl adjacent to an activating group) is 1. The summed E-state index contributed by atoms with van der Waals surface area (Å²) in [5, 5.41) is 5.50. The molecule has 0 fully saturated rings. The van der Waals surface area contributed by atoms with Crippen LogP contribution in [0.4, 0.5) is 16.3 Å². The molecule has 1 aliphatic rings. The molecule has 2 aromatic heterocycles. The summed E-state index contributed by atoms with van der Waals surface area (Å²) in [5.74, 6) is 0.268. The normalized spacial score (nSPS) is 13.6. The van der Waals surface area contributed by atoms with E-state index in [1.807, 2.05) is 32.9 Å². The predicted octanol–water partition coefficient (Wildman–Crippen LogP) is 4.60. The third-order valence-corrected chi connectivity index (χ3v) is 6.24. The van der Waals surface area contributed by atoms with Gasteiger partial charge in [-0.3, -0.25) is 9.69 Å². The Bertz CT molecular complexity index is 1240. The van der Waals surface area contributed by atoms with Gasteiger partial charge < -0.3 is 15.8 Å². The lowest BCUT2D eigenvalue weighted by atomic mass is 10.0. The Morgan fingerprint density at radius 1 is 1.31 bits per heavy atom. The van der Waals surface area contributed by atoms with Crippen molar-refractivity contribution in [1.82, 2.24) is 10.3 Å². The van der Waals surface area contributed by atoms with E-state index in [-0.39, 0.29) is 12.0 Å². The molecule has 2 amide bonds. The Labute approximate surface area is 190 Å². The van der Waals surface area contributed by atoms with Crippen molar-refractivity contribution >= 4 is 51.0 Å². The Hall–Kier alpha value is -3.39. The number of hydrogen-bond donors (Lipinski definition) is 2. The minimum Gasteiger partial charge on any atom is -0.443 e. The van der Waals surface area contributed by atoms with Gasteiger partial charge in [0.1, 0.15) is 11.4 Å². The number of hydrogen-bond acceptors (Lipinski definition) is 6. The zero-order chi connectivity index (χ0) is 23.0. The zero-order valence-electron chi connectivity index (χ0n) is 18.6. The molecule has 0 bridgehead atoms. The predicted molar refractivity (Wildman–Crippen MR) is 130 cm³/mol. The highest BCUT2D eigenvalue weighted by molar-refractivity contribution is 7.18. The number of rotatable bonds is 3. The van der Waals surface area contributed by atoms with Gasteiger partial charge in [0, 0.05) is 47.1 Å². The van der Waals surface area contributed by atoms with E-state index in [1.165, 1.54) is 6.08 Å². The van der Waals surface area contributed by atoms with Gasteiger partial charge in [0.25, 0.3) is 0 Å². The molecular weight excluding hydrogens is 424 g/mol. The minimum absolute atomic E-state index is 0.181. The molecule has 0 aliphatic carbocycles. The van der Waals surface area contributed by atoms with Gasteiger partial charge in [0.05, 0.1) is 5.69 Å². The van der Waals surface area contributed by atoms with E-state index in [0.717, 1.165) is 44.4 Å². The van der Waals surface area contributed by atoms with Crippen LogP contribution in [0.2, 0.25) is 0 Å². The number of ether oxygens (including phenoxy) is 1. The maximum absolute atomic E-state index is 12.6. The number of benzene rings is 1. The van der Waals surface area contributed by atoms with Gasteiger partial charge in [-0.1, -0.05) is 6.07 Å². The van der Waals surface area contributed by atoms with Gasteiger partial charge in [0.15, 0.2) is 0 Å². The molecule has 3 heterocycles. The number of fused-ring (bicyclic) bond motifs is 2. The molecule has 0 radical (unpaired) electrons. The molecule has 1 aliphatic heterocycles. The van der Waals surface area contributed by atoms with Gasteiger partial charge in [-0.2, -0.15) is 0 Å². The number of carbonyl (C=O) groups excluding carboxylic acids is 2. The smallest absolute Gasteiger partial charge is 0.414 e. The van der Waals surface area contributed by atoms with E-state index >= 15 is 0 Å². The number of anilines is 2. The summed E-state index contributed by atoms with van der Waals surface area (Å²) in [4.78, 5) is 30.2. The summed E-state index contributed by atoms with van der Waals surface area (Å²) in [6, 6.07) is 6.06. The molecule has 8 heteroatoms.